The minimum absolute atomic E-state index is 0. The summed E-state index contributed by atoms with van der Waals surface area (Å²) in [6.07, 6.45) is 0. The van der Waals surface area contributed by atoms with Crippen molar-refractivity contribution in [3.63, 3.8) is 0 Å². The fraction of sp³-hybridized carbons (Fsp3) is 0.500. The molecular weight excluding hydrogens is 142 g/mol. The standard InChI is InChI=1S/C4H6N2O2.Al.Li.4H/c7-3-4(8)6-2-1-5-3;;;;;;/h1-2H2,(H,5,7)(H,6,8);;;;;;/q;+3;+1;4*-1. The van der Waals surface area contributed by atoms with Crippen molar-refractivity contribution in [3.8, 4) is 0 Å². The molecule has 0 atom stereocenters. The Morgan fingerprint density at radius 1 is 1.10 bits per heavy atom. The molecule has 0 spiro atoms. The predicted octanol–water partition coefficient (Wildman–Crippen LogP) is -4.69. The van der Waals surface area contributed by atoms with Crippen LogP contribution in [-0.4, -0.2) is 42.3 Å². The van der Waals surface area contributed by atoms with Crippen LogP contribution < -0.4 is 29.5 Å². The summed E-state index contributed by atoms with van der Waals surface area (Å²) >= 11 is 0. The summed E-state index contributed by atoms with van der Waals surface area (Å²) in [7, 11) is 0. The molecule has 2 N–H and O–H groups in total. The molecule has 4 nitrogen and oxygen atoms in total. The first-order valence-corrected chi connectivity index (χ1v) is 2.37. The Hall–Kier alpha value is 0.0699. The first-order valence-electron chi connectivity index (χ1n) is 2.37. The van der Waals surface area contributed by atoms with E-state index in [1.54, 1.807) is 0 Å². The van der Waals surface area contributed by atoms with E-state index in [0.29, 0.717) is 13.1 Å². The van der Waals surface area contributed by atoms with Gasteiger partial charge in [0.15, 0.2) is 0 Å². The Labute approximate surface area is 87.4 Å². The maximum Gasteiger partial charge on any atom is 3.00 e. The van der Waals surface area contributed by atoms with Gasteiger partial charge in [-0.2, -0.15) is 0 Å². The minimum Gasteiger partial charge on any atom is -1.00 e. The molecule has 10 heavy (non-hydrogen) atoms. The van der Waals surface area contributed by atoms with E-state index < -0.39 is 11.8 Å². The van der Waals surface area contributed by atoms with E-state index in [2.05, 4.69) is 10.6 Å². The Morgan fingerprint density at radius 3 is 1.60 bits per heavy atom. The van der Waals surface area contributed by atoms with Crippen molar-refractivity contribution in [2.75, 3.05) is 13.1 Å². The fourth-order valence-electron chi connectivity index (χ4n) is 0.513. The van der Waals surface area contributed by atoms with Crippen LogP contribution in [0, 0.1) is 0 Å². The van der Waals surface area contributed by atoms with Gasteiger partial charge in [0.05, 0.1) is 0 Å². The summed E-state index contributed by atoms with van der Waals surface area (Å²) in [5.41, 5.74) is 0. The van der Waals surface area contributed by atoms with Gasteiger partial charge in [-0.25, -0.2) is 0 Å². The van der Waals surface area contributed by atoms with Crippen molar-refractivity contribution in [2.24, 2.45) is 0 Å². The Morgan fingerprint density at radius 2 is 1.40 bits per heavy atom. The van der Waals surface area contributed by atoms with E-state index in [9.17, 15) is 9.59 Å². The van der Waals surface area contributed by atoms with E-state index in [4.69, 9.17) is 0 Å². The average Bonchev–Trinajstić information content (AvgIpc) is 1.77. The number of hydrogen-bond donors (Lipinski definition) is 2. The molecule has 0 radical (unpaired) electrons. The second-order valence-electron chi connectivity index (χ2n) is 1.51. The summed E-state index contributed by atoms with van der Waals surface area (Å²) in [5.74, 6) is -1.06. The minimum atomic E-state index is -0.531. The maximum atomic E-state index is 10.3. The molecule has 0 aliphatic carbocycles. The molecule has 0 unspecified atom stereocenters. The number of rotatable bonds is 0. The van der Waals surface area contributed by atoms with Gasteiger partial charge in [0.25, 0.3) is 0 Å². The average molecular weight is 152 g/mol. The molecule has 1 saturated heterocycles. The molecule has 2 amide bonds. The molecule has 1 heterocycles. The molecule has 0 aromatic heterocycles. The van der Waals surface area contributed by atoms with Crippen LogP contribution in [0.2, 0.25) is 0 Å². The van der Waals surface area contributed by atoms with E-state index in [0.717, 1.165) is 0 Å². The van der Waals surface area contributed by atoms with Crippen molar-refractivity contribution >= 4 is 29.2 Å². The van der Waals surface area contributed by atoms with Crippen LogP contribution in [0.3, 0.4) is 0 Å². The molecule has 52 valence electrons. The van der Waals surface area contributed by atoms with Crippen LogP contribution in [-0.2, 0) is 9.59 Å². The molecule has 1 rings (SSSR count). The van der Waals surface area contributed by atoms with E-state index in [-0.39, 0.29) is 41.9 Å². The predicted molar refractivity (Wildman–Crippen MR) is 36.2 cm³/mol. The summed E-state index contributed by atoms with van der Waals surface area (Å²) in [6, 6.07) is 0. The molecule has 1 aliphatic heterocycles. The largest absolute Gasteiger partial charge is 3.00 e. The number of piperazine rings is 1. The maximum absolute atomic E-state index is 10.3. The quantitative estimate of drug-likeness (QED) is 0.271. The van der Waals surface area contributed by atoms with E-state index in [1.165, 1.54) is 0 Å². The number of carbonyl (C=O) groups is 2. The van der Waals surface area contributed by atoms with Gasteiger partial charge in [0.1, 0.15) is 0 Å². The molecule has 0 aromatic rings. The third-order valence-corrected chi connectivity index (χ3v) is 0.902. The molecule has 1 aliphatic rings. The zero-order valence-electron chi connectivity index (χ0n) is 9.81. The topological polar surface area (TPSA) is 58.2 Å². The first-order chi connectivity index (χ1) is 3.80. The summed E-state index contributed by atoms with van der Waals surface area (Å²) in [6.45, 7) is 1.09. The number of hydrogen-bond acceptors (Lipinski definition) is 2. The first kappa shape index (κ1) is 12.7. The Balaban J connectivity index is -0.0000000267. The van der Waals surface area contributed by atoms with E-state index >= 15 is 0 Å². The zero-order valence-corrected chi connectivity index (χ0v) is 6.96. The Kier molecular flexibility index (Phi) is 7.41. The summed E-state index contributed by atoms with van der Waals surface area (Å²) in [5, 5.41) is 4.76. The van der Waals surface area contributed by atoms with Crippen molar-refractivity contribution < 1.29 is 34.2 Å². The zero-order chi connectivity index (χ0) is 5.98. The van der Waals surface area contributed by atoms with Crippen LogP contribution in [0.15, 0.2) is 0 Å². The smallest absolute Gasteiger partial charge is 1.00 e. The van der Waals surface area contributed by atoms with Gasteiger partial charge in [0.2, 0.25) is 0 Å². The SMILES string of the molecule is O=C1NCCNC1=O.[Al+3].[H-].[H-].[H-].[H-].[Li+]. The summed E-state index contributed by atoms with van der Waals surface area (Å²) < 4.78 is 0. The van der Waals surface area contributed by atoms with Gasteiger partial charge in [-0.1, -0.05) is 0 Å². The van der Waals surface area contributed by atoms with Crippen LogP contribution in [0.25, 0.3) is 0 Å². The normalized spacial score (nSPS) is 15.6. The fourth-order valence-corrected chi connectivity index (χ4v) is 0.513. The molecular formula is C4H10AlLiN2O2. The third-order valence-electron chi connectivity index (χ3n) is 0.902. The second kappa shape index (κ2) is 5.82. The second-order valence-corrected chi connectivity index (χ2v) is 1.51. The monoisotopic (exact) mass is 152 g/mol. The van der Waals surface area contributed by atoms with Crippen molar-refractivity contribution in [2.45, 2.75) is 0 Å². The summed E-state index contributed by atoms with van der Waals surface area (Å²) in [4.78, 5) is 20.5. The van der Waals surface area contributed by atoms with Crippen LogP contribution in [0.5, 0.6) is 0 Å². The molecule has 0 aromatic carbocycles. The van der Waals surface area contributed by atoms with Gasteiger partial charge < -0.3 is 16.3 Å². The van der Waals surface area contributed by atoms with Crippen LogP contribution in [0.4, 0.5) is 0 Å². The number of carbonyl (C=O) groups excluding carboxylic acids is 2. The third kappa shape index (κ3) is 3.29. The molecule has 6 heteroatoms. The van der Waals surface area contributed by atoms with Crippen LogP contribution in [0.1, 0.15) is 5.71 Å². The van der Waals surface area contributed by atoms with E-state index in [1.807, 2.05) is 0 Å². The van der Waals surface area contributed by atoms with Gasteiger partial charge >= 0.3 is 48.0 Å². The van der Waals surface area contributed by atoms with Gasteiger partial charge in [-0.05, 0) is 0 Å². The number of nitrogens with one attached hydrogen (secondary N) is 2. The molecule has 1 fully saturated rings. The molecule has 0 saturated carbocycles. The molecule has 0 bridgehead atoms. The van der Waals surface area contributed by atoms with Crippen molar-refractivity contribution in [3.05, 3.63) is 0 Å². The van der Waals surface area contributed by atoms with Crippen LogP contribution >= 0.6 is 0 Å². The van der Waals surface area contributed by atoms with Crippen molar-refractivity contribution in [1.29, 1.82) is 0 Å². The van der Waals surface area contributed by atoms with Gasteiger partial charge in [-0.3, -0.25) is 9.59 Å². The van der Waals surface area contributed by atoms with Gasteiger partial charge in [0, 0.05) is 13.1 Å². The van der Waals surface area contributed by atoms with Crippen molar-refractivity contribution in [1.82, 2.24) is 10.6 Å². The van der Waals surface area contributed by atoms with Gasteiger partial charge in [-0.15, -0.1) is 0 Å². The Bertz CT molecular complexity index is 137. The number of amides is 2.